The summed E-state index contributed by atoms with van der Waals surface area (Å²) in [5, 5.41) is 0. The first-order chi connectivity index (χ1) is 5.55. The molecule has 0 aromatic heterocycles. The molecule has 1 aliphatic carbocycles. The van der Waals surface area contributed by atoms with Gasteiger partial charge in [0.1, 0.15) is 0 Å². The second-order valence-electron chi connectivity index (χ2n) is 4.02. The fourth-order valence-corrected chi connectivity index (χ4v) is 1.45. The Balaban J connectivity index is 2.75. The molecule has 66 valence electrons. The van der Waals surface area contributed by atoms with Crippen LogP contribution in [0.1, 0.15) is 20.8 Å². The summed E-state index contributed by atoms with van der Waals surface area (Å²) >= 11 is 0. The second kappa shape index (κ2) is 3.18. The lowest BCUT2D eigenvalue weighted by Crippen LogP contribution is -2.42. The zero-order chi connectivity index (χ0) is 9.19. The Morgan fingerprint density at radius 3 is 2.08 bits per heavy atom. The topological polar surface area (TPSA) is 3.24 Å². The molecule has 0 atom stereocenters. The predicted molar refractivity (Wildman–Crippen MR) is 53.9 cm³/mol. The summed E-state index contributed by atoms with van der Waals surface area (Å²) < 4.78 is 0. The van der Waals surface area contributed by atoms with Gasteiger partial charge in [0.05, 0.1) is 6.04 Å². The molecule has 0 heterocycles. The summed E-state index contributed by atoms with van der Waals surface area (Å²) in [6, 6.07) is 0.391. The molecule has 0 aliphatic heterocycles. The predicted octanol–water partition coefficient (Wildman–Crippen LogP) is 2.73. The van der Waals surface area contributed by atoms with E-state index >= 15 is 0 Å². The van der Waals surface area contributed by atoms with E-state index in [1.165, 1.54) is 0 Å². The molecule has 12 heavy (non-hydrogen) atoms. The van der Waals surface area contributed by atoms with Gasteiger partial charge in [0.15, 0.2) is 0 Å². The Bertz CT molecular complexity index is 206. The van der Waals surface area contributed by atoms with Gasteiger partial charge in [-0.3, -0.25) is 0 Å². The third kappa shape index (κ3) is 1.79. The maximum Gasteiger partial charge on any atom is 0.0662 e. The van der Waals surface area contributed by atoms with Gasteiger partial charge in [0.25, 0.3) is 0 Å². The summed E-state index contributed by atoms with van der Waals surface area (Å²) in [5.74, 6) is 0. The molecule has 0 unspecified atom stereocenters. The van der Waals surface area contributed by atoms with Crippen molar-refractivity contribution in [1.29, 1.82) is 0 Å². The highest BCUT2D eigenvalue weighted by Crippen LogP contribution is 2.20. The summed E-state index contributed by atoms with van der Waals surface area (Å²) in [4.78, 5) is 2.24. The molecule has 0 fully saturated rings. The van der Waals surface area contributed by atoms with Gasteiger partial charge in [0, 0.05) is 5.54 Å². The van der Waals surface area contributed by atoms with E-state index in [-0.39, 0.29) is 5.54 Å². The van der Waals surface area contributed by atoms with Crippen molar-refractivity contribution in [2.75, 3.05) is 0 Å². The van der Waals surface area contributed by atoms with Gasteiger partial charge in [-0.1, -0.05) is 30.9 Å². The Morgan fingerprint density at radius 2 is 1.75 bits per heavy atom. The van der Waals surface area contributed by atoms with E-state index in [1.807, 2.05) is 6.20 Å². The molecule has 0 aromatic rings. The molecular formula is C11H17N. The number of hydrogen-bond donors (Lipinski definition) is 0. The van der Waals surface area contributed by atoms with Gasteiger partial charge in [-0.2, -0.15) is 0 Å². The second-order valence-corrected chi connectivity index (χ2v) is 4.02. The van der Waals surface area contributed by atoms with Crippen molar-refractivity contribution in [2.24, 2.45) is 0 Å². The number of nitrogens with zero attached hydrogens (tertiary/aromatic N) is 1. The largest absolute Gasteiger partial charge is 0.363 e. The van der Waals surface area contributed by atoms with Crippen LogP contribution in [0.15, 0.2) is 37.1 Å². The van der Waals surface area contributed by atoms with E-state index in [9.17, 15) is 0 Å². The number of allylic oxidation sites excluding steroid dienone is 2. The fraction of sp³-hybridized carbons (Fsp3) is 0.455. The van der Waals surface area contributed by atoms with Crippen molar-refractivity contribution < 1.29 is 0 Å². The lowest BCUT2D eigenvalue weighted by atomic mass is 10.0. The Labute approximate surface area is 75.1 Å². The van der Waals surface area contributed by atoms with E-state index in [0.717, 1.165) is 0 Å². The van der Waals surface area contributed by atoms with E-state index in [4.69, 9.17) is 0 Å². The maximum atomic E-state index is 3.83. The first-order valence-corrected chi connectivity index (χ1v) is 4.31. The summed E-state index contributed by atoms with van der Waals surface area (Å²) in [7, 11) is 0. The SMILES string of the molecule is C=CN(C1C=CC=C1)C(C)(C)C. The molecule has 1 rings (SSSR count). The average Bonchev–Trinajstić information content (AvgIpc) is 2.38. The molecule has 0 amide bonds. The molecule has 1 nitrogen and oxygen atoms in total. The fourth-order valence-electron chi connectivity index (χ4n) is 1.45. The van der Waals surface area contributed by atoms with Crippen molar-refractivity contribution in [1.82, 2.24) is 4.90 Å². The van der Waals surface area contributed by atoms with Crippen LogP contribution in [0.2, 0.25) is 0 Å². The first-order valence-electron chi connectivity index (χ1n) is 4.31. The molecule has 0 saturated heterocycles. The average molecular weight is 163 g/mol. The minimum Gasteiger partial charge on any atom is -0.363 e. The maximum absolute atomic E-state index is 3.83. The van der Waals surface area contributed by atoms with Crippen LogP contribution in [0.3, 0.4) is 0 Å². The molecule has 0 bridgehead atoms. The molecular weight excluding hydrogens is 146 g/mol. The van der Waals surface area contributed by atoms with Crippen LogP contribution in [0.25, 0.3) is 0 Å². The summed E-state index contributed by atoms with van der Waals surface area (Å²) in [6.45, 7) is 10.4. The Kier molecular flexibility index (Phi) is 2.41. The van der Waals surface area contributed by atoms with Crippen LogP contribution < -0.4 is 0 Å². The molecule has 0 aromatic carbocycles. The molecule has 0 radical (unpaired) electrons. The van der Waals surface area contributed by atoms with Gasteiger partial charge in [-0.05, 0) is 27.0 Å². The Hall–Kier alpha value is -0.980. The van der Waals surface area contributed by atoms with Crippen molar-refractivity contribution in [3.63, 3.8) is 0 Å². The molecule has 1 heteroatoms. The minimum absolute atomic E-state index is 0.144. The molecule has 1 aliphatic rings. The number of hydrogen-bond acceptors (Lipinski definition) is 1. The van der Waals surface area contributed by atoms with Crippen LogP contribution >= 0.6 is 0 Å². The third-order valence-electron chi connectivity index (χ3n) is 2.02. The Morgan fingerprint density at radius 1 is 1.25 bits per heavy atom. The standard InChI is InChI=1S/C11H17N/c1-5-12(11(2,3)4)10-8-6-7-9-10/h5-10H,1H2,2-4H3. The lowest BCUT2D eigenvalue weighted by molar-refractivity contribution is 0.195. The molecule has 0 saturated carbocycles. The normalized spacial score (nSPS) is 16.9. The van der Waals surface area contributed by atoms with Gasteiger partial charge in [-0.25, -0.2) is 0 Å². The highest BCUT2D eigenvalue weighted by molar-refractivity contribution is 5.23. The highest BCUT2D eigenvalue weighted by Gasteiger charge is 2.22. The molecule has 0 N–H and O–H groups in total. The van der Waals surface area contributed by atoms with Gasteiger partial charge < -0.3 is 4.90 Å². The van der Waals surface area contributed by atoms with Crippen LogP contribution in [0.5, 0.6) is 0 Å². The van der Waals surface area contributed by atoms with Crippen LogP contribution in [0.4, 0.5) is 0 Å². The van der Waals surface area contributed by atoms with Crippen molar-refractivity contribution in [3.05, 3.63) is 37.1 Å². The van der Waals surface area contributed by atoms with Crippen molar-refractivity contribution in [3.8, 4) is 0 Å². The van der Waals surface area contributed by atoms with Gasteiger partial charge in [0.2, 0.25) is 0 Å². The number of rotatable bonds is 2. The van der Waals surface area contributed by atoms with Crippen molar-refractivity contribution >= 4 is 0 Å². The quantitative estimate of drug-likeness (QED) is 0.605. The van der Waals surface area contributed by atoms with Gasteiger partial charge in [-0.15, -0.1) is 0 Å². The minimum atomic E-state index is 0.144. The zero-order valence-corrected chi connectivity index (χ0v) is 8.12. The van der Waals surface area contributed by atoms with E-state index in [2.05, 4.69) is 56.6 Å². The van der Waals surface area contributed by atoms with E-state index in [1.54, 1.807) is 0 Å². The van der Waals surface area contributed by atoms with Gasteiger partial charge >= 0.3 is 0 Å². The van der Waals surface area contributed by atoms with E-state index < -0.39 is 0 Å². The molecule has 0 spiro atoms. The first kappa shape index (κ1) is 9.11. The van der Waals surface area contributed by atoms with Crippen LogP contribution in [-0.2, 0) is 0 Å². The summed E-state index contributed by atoms with van der Waals surface area (Å²) in [5.41, 5.74) is 0.144. The summed E-state index contributed by atoms with van der Waals surface area (Å²) in [6.07, 6.45) is 10.4. The zero-order valence-electron chi connectivity index (χ0n) is 8.12. The van der Waals surface area contributed by atoms with Crippen LogP contribution in [0, 0.1) is 0 Å². The van der Waals surface area contributed by atoms with E-state index in [0.29, 0.717) is 6.04 Å². The smallest absolute Gasteiger partial charge is 0.0662 e. The third-order valence-corrected chi connectivity index (χ3v) is 2.02. The van der Waals surface area contributed by atoms with Crippen LogP contribution in [-0.4, -0.2) is 16.5 Å². The lowest BCUT2D eigenvalue weighted by Gasteiger charge is -2.37. The van der Waals surface area contributed by atoms with Crippen molar-refractivity contribution in [2.45, 2.75) is 32.4 Å². The monoisotopic (exact) mass is 163 g/mol. The highest BCUT2D eigenvalue weighted by atomic mass is 15.2.